The van der Waals surface area contributed by atoms with Gasteiger partial charge in [0.1, 0.15) is 6.04 Å². The molecule has 6 nitrogen and oxygen atoms in total. The van der Waals surface area contributed by atoms with E-state index in [1.165, 1.54) is 0 Å². The van der Waals surface area contributed by atoms with Crippen LogP contribution in [0.5, 0.6) is 0 Å². The molecule has 0 saturated heterocycles. The summed E-state index contributed by atoms with van der Waals surface area (Å²) in [6.07, 6.45) is 1.90. The number of hydrogen-bond acceptors (Lipinski definition) is 3. The molecule has 1 atom stereocenters. The van der Waals surface area contributed by atoms with Crippen molar-refractivity contribution >= 4 is 5.97 Å². The smallest absolute Gasteiger partial charge is 0.330 e. The molecule has 0 radical (unpaired) electrons. The van der Waals surface area contributed by atoms with E-state index in [1.54, 1.807) is 35.0 Å². The summed E-state index contributed by atoms with van der Waals surface area (Å²) in [7, 11) is 0. The molecule has 0 saturated carbocycles. The van der Waals surface area contributed by atoms with E-state index >= 15 is 0 Å². The Morgan fingerprint density at radius 2 is 2.05 bits per heavy atom. The Bertz CT molecular complexity index is 640. The molecule has 0 bridgehead atoms. The first kappa shape index (κ1) is 13.1. The molecule has 0 aliphatic rings. The second kappa shape index (κ2) is 5.11. The predicted molar refractivity (Wildman–Crippen MR) is 70.4 cm³/mol. The molecule has 2 aromatic rings. The number of carboxylic acids is 1. The first-order valence-electron chi connectivity index (χ1n) is 5.84. The zero-order valence-corrected chi connectivity index (χ0v) is 10.5. The Hall–Kier alpha value is -2.34. The summed E-state index contributed by atoms with van der Waals surface area (Å²) >= 11 is 0. The highest BCUT2D eigenvalue weighted by Gasteiger charge is 2.12. The summed E-state index contributed by atoms with van der Waals surface area (Å²) < 4.78 is 1.54. The fourth-order valence-electron chi connectivity index (χ4n) is 1.90. The van der Waals surface area contributed by atoms with E-state index in [-0.39, 0.29) is 12.1 Å². The zero-order chi connectivity index (χ0) is 14.0. The molecule has 1 heterocycles. The number of benzene rings is 1. The fourth-order valence-corrected chi connectivity index (χ4v) is 1.90. The number of rotatable bonds is 4. The van der Waals surface area contributed by atoms with Crippen LogP contribution in [0.3, 0.4) is 0 Å². The molecule has 1 aromatic carbocycles. The van der Waals surface area contributed by atoms with Crippen LogP contribution in [-0.2, 0) is 11.2 Å². The number of nitrogens with two attached hydrogens (primary N) is 1. The minimum Gasteiger partial charge on any atom is -0.480 e. The molecule has 100 valence electrons. The van der Waals surface area contributed by atoms with Crippen LogP contribution >= 0.6 is 0 Å². The van der Waals surface area contributed by atoms with Gasteiger partial charge in [-0.15, -0.1) is 0 Å². The van der Waals surface area contributed by atoms with Crippen molar-refractivity contribution in [2.24, 2.45) is 5.73 Å². The number of aryl methyl sites for hydroxylation is 1. The SMILES string of the molecule is Cc1c[nH]c(=O)n1-c1ccc(CC(N)C(=O)O)cc1. The Morgan fingerprint density at radius 1 is 1.42 bits per heavy atom. The van der Waals surface area contributed by atoms with Crippen molar-refractivity contribution < 1.29 is 9.90 Å². The molecule has 1 aromatic heterocycles. The highest BCUT2D eigenvalue weighted by atomic mass is 16.4. The molecule has 1 unspecified atom stereocenters. The van der Waals surface area contributed by atoms with Gasteiger partial charge in [0, 0.05) is 11.9 Å². The summed E-state index contributed by atoms with van der Waals surface area (Å²) in [5.41, 5.74) is 7.63. The van der Waals surface area contributed by atoms with Crippen molar-refractivity contribution in [3.05, 3.63) is 52.2 Å². The molecule has 2 rings (SSSR count). The average Bonchev–Trinajstić information content (AvgIpc) is 2.70. The van der Waals surface area contributed by atoms with Crippen molar-refractivity contribution in [1.29, 1.82) is 0 Å². The Labute approximate surface area is 109 Å². The first-order chi connectivity index (χ1) is 8.99. The number of nitrogens with one attached hydrogen (secondary N) is 1. The monoisotopic (exact) mass is 261 g/mol. The number of carboxylic acid groups (broad SMARTS) is 1. The van der Waals surface area contributed by atoms with Gasteiger partial charge in [0.25, 0.3) is 0 Å². The standard InChI is InChI=1S/C13H15N3O3/c1-8-7-15-13(19)16(8)10-4-2-9(3-5-10)6-11(14)12(17)18/h2-5,7,11H,6,14H2,1H3,(H,15,19)(H,17,18). The van der Waals surface area contributed by atoms with Gasteiger partial charge in [-0.1, -0.05) is 12.1 Å². The lowest BCUT2D eigenvalue weighted by Gasteiger charge is -2.08. The van der Waals surface area contributed by atoms with Gasteiger partial charge in [-0.3, -0.25) is 9.36 Å². The van der Waals surface area contributed by atoms with E-state index in [2.05, 4.69) is 4.98 Å². The molecule has 6 heteroatoms. The van der Waals surface area contributed by atoms with E-state index in [9.17, 15) is 9.59 Å². The van der Waals surface area contributed by atoms with Crippen LogP contribution < -0.4 is 11.4 Å². The third-order valence-corrected chi connectivity index (χ3v) is 2.93. The van der Waals surface area contributed by atoms with Crippen molar-refractivity contribution in [2.75, 3.05) is 0 Å². The van der Waals surface area contributed by atoms with Crippen LogP contribution in [0.1, 0.15) is 11.3 Å². The van der Waals surface area contributed by atoms with E-state index < -0.39 is 12.0 Å². The van der Waals surface area contributed by atoms with Crippen LogP contribution in [0, 0.1) is 6.92 Å². The average molecular weight is 261 g/mol. The molecule has 4 N–H and O–H groups in total. The number of aromatic nitrogens is 2. The maximum atomic E-state index is 11.6. The Morgan fingerprint density at radius 3 is 2.53 bits per heavy atom. The minimum absolute atomic E-state index is 0.201. The van der Waals surface area contributed by atoms with Crippen LogP contribution in [0.4, 0.5) is 0 Å². The summed E-state index contributed by atoms with van der Waals surface area (Å²) in [5, 5.41) is 8.75. The van der Waals surface area contributed by atoms with E-state index in [0.29, 0.717) is 0 Å². The summed E-state index contributed by atoms with van der Waals surface area (Å²) in [5.74, 6) is -1.03. The van der Waals surface area contributed by atoms with Crippen LogP contribution in [0.2, 0.25) is 0 Å². The Kier molecular flexibility index (Phi) is 3.52. The highest BCUT2D eigenvalue weighted by molar-refractivity contribution is 5.73. The Balaban J connectivity index is 2.24. The maximum Gasteiger partial charge on any atom is 0.330 e. The van der Waals surface area contributed by atoms with Gasteiger partial charge in [-0.2, -0.15) is 0 Å². The van der Waals surface area contributed by atoms with E-state index in [0.717, 1.165) is 16.9 Å². The van der Waals surface area contributed by atoms with Crippen LogP contribution in [0.25, 0.3) is 5.69 Å². The largest absolute Gasteiger partial charge is 0.480 e. The first-order valence-corrected chi connectivity index (χ1v) is 5.84. The number of hydrogen-bond donors (Lipinski definition) is 3. The predicted octanol–water partition coefficient (Wildman–Crippen LogP) is 0.428. The summed E-state index contributed by atoms with van der Waals surface area (Å²) in [4.78, 5) is 24.9. The second-order valence-electron chi connectivity index (χ2n) is 4.39. The fraction of sp³-hybridized carbons (Fsp3) is 0.231. The van der Waals surface area contributed by atoms with Gasteiger partial charge in [0.15, 0.2) is 0 Å². The third kappa shape index (κ3) is 2.74. The number of H-pyrrole nitrogens is 1. The molecule has 19 heavy (non-hydrogen) atoms. The lowest BCUT2D eigenvalue weighted by molar-refractivity contribution is -0.138. The minimum atomic E-state index is -1.03. The number of nitrogens with zero attached hydrogens (tertiary/aromatic N) is 1. The lowest BCUT2D eigenvalue weighted by atomic mass is 10.1. The topological polar surface area (TPSA) is 101 Å². The molecular weight excluding hydrogens is 246 g/mol. The van der Waals surface area contributed by atoms with Gasteiger partial charge in [0.05, 0.1) is 5.69 Å². The van der Waals surface area contributed by atoms with Crippen molar-refractivity contribution in [3.8, 4) is 5.69 Å². The van der Waals surface area contributed by atoms with Crippen LogP contribution in [0.15, 0.2) is 35.3 Å². The zero-order valence-electron chi connectivity index (χ0n) is 10.5. The normalized spacial score (nSPS) is 12.3. The van der Waals surface area contributed by atoms with Gasteiger partial charge in [-0.05, 0) is 31.0 Å². The summed E-state index contributed by atoms with van der Waals surface area (Å²) in [6, 6.07) is 6.18. The maximum absolute atomic E-state index is 11.6. The number of carbonyl (C=O) groups is 1. The molecule has 0 fully saturated rings. The quantitative estimate of drug-likeness (QED) is 0.742. The third-order valence-electron chi connectivity index (χ3n) is 2.93. The molecule has 0 aliphatic heterocycles. The second-order valence-corrected chi connectivity index (χ2v) is 4.39. The van der Waals surface area contributed by atoms with E-state index in [1.807, 2.05) is 6.92 Å². The van der Waals surface area contributed by atoms with Crippen LogP contribution in [-0.4, -0.2) is 26.7 Å². The number of aromatic amines is 1. The van der Waals surface area contributed by atoms with Gasteiger partial charge in [-0.25, -0.2) is 4.79 Å². The highest BCUT2D eigenvalue weighted by Crippen LogP contribution is 2.11. The lowest BCUT2D eigenvalue weighted by Crippen LogP contribution is -2.32. The van der Waals surface area contributed by atoms with Crippen molar-refractivity contribution in [2.45, 2.75) is 19.4 Å². The summed E-state index contributed by atoms with van der Waals surface area (Å²) in [6.45, 7) is 1.83. The van der Waals surface area contributed by atoms with E-state index in [4.69, 9.17) is 10.8 Å². The molecular formula is C13H15N3O3. The number of imidazole rings is 1. The van der Waals surface area contributed by atoms with Crippen molar-refractivity contribution in [1.82, 2.24) is 9.55 Å². The van der Waals surface area contributed by atoms with Gasteiger partial charge < -0.3 is 15.8 Å². The molecule has 0 spiro atoms. The number of aliphatic carboxylic acids is 1. The molecule has 0 aliphatic carbocycles. The van der Waals surface area contributed by atoms with Crippen molar-refractivity contribution in [3.63, 3.8) is 0 Å². The van der Waals surface area contributed by atoms with Gasteiger partial charge >= 0.3 is 11.7 Å². The molecule has 0 amide bonds. The van der Waals surface area contributed by atoms with Gasteiger partial charge in [0.2, 0.25) is 0 Å².